The van der Waals surface area contributed by atoms with Crippen LogP contribution in [0.3, 0.4) is 0 Å². The fourth-order valence-corrected chi connectivity index (χ4v) is 2.50. The summed E-state index contributed by atoms with van der Waals surface area (Å²) >= 11 is 0. The van der Waals surface area contributed by atoms with E-state index in [9.17, 15) is 5.11 Å². The molecule has 4 nitrogen and oxygen atoms in total. The number of fused-ring (bicyclic) bond motifs is 1. The molecular weight excluding hydrogens is 214 g/mol. The van der Waals surface area contributed by atoms with Crippen molar-refractivity contribution in [2.24, 2.45) is 0 Å². The third-order valence-electron chi connectivity index (χ3n) is 3.79. The van der Waals surface area contributed by atoms with Crippen molar-refractivity contribution >= 4 is 10.9 Å². The molecule has 0 radical (unpaired) electrons. The summed E-state index contributed by atoms with van der Waals surface area (Å²) in [7, 11) is 2.09. The summed E-state index contributed by atoms with van der Waals surface area (Å²) in [6.07, 6.45) is 3.39. The Morgan fingerprint density at radius 1 is 1.35 bits per heavy atom. The zero-order valence-electron chi connectivity index (χ0n) is 9.98. The first kappa shape index (κ1) is 10.7. The van der Waals surface area contributed by atoms with E-state index in [0.29, 0.717) is 0 Å². The van der Waals surface area contributed by atoms with Crippen LogP contribution in [0.4, 0.5) is 0 Å². The Kier molecular flexibility index (Phi) is 2.42. The van der Waals surface area contributed by atoms with E-state index in [-0.39, 0.29) is 0 Å². The van der Waals surface area contributed by atoms with Crippen molar-refractivity contribution in [3.05, 3.63) is 30.0 Å². The summed E-state index contributed by atoms with van der Waals surface area (Å²) in [5.74, 6) is 0. The first-order valence-corrected chi connectivity index (χ1v) is 6.02. The second kappa shape index (κ2) is 3.82. The zero-order chi connectivity index (χ0) is 11.9. The Morgan fingerprint density at radius 2 is 2.12 bits per heavy atom. The summed E-state index contributed by atoms with van der Waals surface area (Å²) in [4.78, 5) is 2.25. The smallest absolute Gasteiger partial charge is 0.0921 e. The third-order valence-corrected chi connectivity index (χ3v) is 3.79. The highest BCUT2D eigenvalue weighted by molar-refractivity contribution is 5.78. The highest BCUT2D eigenvalue weighted by Gasteiger charge is 2.32. The van der Waals surface area contributed by atoms with Gasteiger partial charge in [0.2, 0.25) is 0 Å². The standard InChI is InChI=1S/C13H17N3O/c1-16-6-4-13(17,5-7-16)11-3-2-10-9-14-15-12(10)8-11/h2-3,8-9,17H,4-7H2,1H3,(H,14,15). The zero-order valence-corrected chi connectivity index (χ0v) is 9.98. The molecule has 1 aliphatic rings. The van der Waals surface area contributed by atoms with Crippen molar-refractivity contribution in [2.45, 2.75) is 18.4 Å². The lowest BCUT2D eigenvalue weighted by Crippen LogP contribution is -2.40. The summed E-state index contributed by atoms with van der Waals surface area (Å²) in [6, 6.07) is 6.06. The molecule has 0 bridgehead atoms. The molecule has 0 amide bonds. The minimum atomic E-state index is -0.675. The summed E-state index contributed by atoms with van der Waals surface area (Å²) in [5, 5.41) is 18.7. The topological polar surface area (TPSA) is 52.1 Å². The van der Waals surface area contributed by atoms with Gasteiger partial charge in [-0.05, 0) is 31.5 Å². The SMILES string of the molecule is CN1CCC(O)(c2ccc3cn[nH]c3c2)CC1. The third kappa shape index (κ3) is 1.83. The highest BCUT2D eigenvalue weighted by atomic mass is 16.3. The number of hydrogen-bond donors (Lipinski definition) is 2. The van der Waals surface area contributed by atoms with Gasteiger partial charge in [-0.2, -0.15) is 5.10 Å². The maximum atomic E-state index is 10.7. The van der Waals surface area contributed by atoms with Crippen molar-refractivity contribution < 1.29 is 5.11 Å². The molecule has 1 fully saturated rings. The van der Waals surface area contributed by atoms with Gasteiger partial charge in [0.15, 0.2) is 0 Å². The monoisotopic (exact) mass is 231 g/mol. The minimum absolute atomic E-state index is 0.675. The number of likely N-dealkylation sites (tertiary alicyclic amines) is 1. The lowest BCUT2D eigenvalue weighted by atomic mass is 9.84. The molecule has 0 unspecified atom stereocenters. The number of benzene rings is 1. The lowest BCUT2D eigenvalue weighted by Gasteiger charge is -2.36. The van der Waals surface area contributed by atoms with E-state index in [4.69, 9.17) is 0 Å². The van der Waals surface area contributed by atoms with Crippen molar-refractivity contribution in [1.29, 1.82) is 0 Å². The summed E-state index contributed by atoms with van der Waals surface area (Å²) in [6.45, 7) is 1.88. The molecule has 3 rings (SSSR count). The molecule has 0 atom stereocenters. The van der Waals surface area contributed by atoms with E-state index in [1.807, 2.05) is 18.2 Å². The van der Waals surface area contributed by atoms with Crippen LogP contribution in [0.1, 0.15) is 18.4 Å². The van der Waals surface area contributed by atoms with Gasteiger partial charge in [0.25, 0.3) is 0 Å². The second-order valence-electron chi connectivity index (χ2n) is 5.01. The largest absolute Gasteiger partial charge is 0.385 e. The van der Waals surface area contributed by atoms with Gasteiger partial charge in [-0.1, -0.05) is 12.1 Å². The first-order chi connectivity index (χ1) is 8.17. The maximum absolute atomic E-state index is 10.7. The first-order valence-electron chi connectivity index (χ1n) is 6.02. The van der Waals surface area contributed by atoms with Crippen molar-refractivity contribution in [3.8, 4) is 0 Å². The Balaban J connectivity index is 1.96. The fourth-order valence-electron chi connectivity index (χ4n) is 2.50. The van der Waals surface area contributed by atoms with Crippen LogP contribution in [-0.4, -0.2) is 40.3 Å². The molecular formula is C13H17N3O. The van der Waals surface area contributed by atoms with Crippen LogP contribution < -0.4 is 0 Å². The highest BCUT2D eigenvalue weighted by Crippen LogP contribution is 2.33. The van der Waals surface area contributed by atoms with Crippen LogP contribution in [0.2, 0.25) is 0 Å². The fraction of sp³-hybridized carbons (Fsp3) is 0.462. The Bertz CT molecular complexity index is 526. The van der Waals surface area contributed by atoms with E-state index >= 15 is 0 Å². The molecule has 17 heavy (non-hydrogen) atoms. The van der Waals surface area contributed by atoms with Gasteiger partial charge in [-0.15, -0.1) is 0 Å². The average Bonchev–Trinajstić information content (AvgIpc) is 2.80. The molecule has 1 aromatic heterocycles. The van der Waals surface area contributed by atoms with Crippen molar-refractivity contribution in [3.63, 3.8) is 0 Å². The van der Waals surface area contributed by atoms with Gasteiger partial charge in [0.05, 0.1) is 17.3 Å². The molecule has 0 aliphatic carbocycles. The van der Waals surface area contributed by atoms with E-state index in [2.05, 4.69) is 22.1 Å². The lowest BCUT2D eigenvalue weighted by molar-refractivity contribution is -0.0202. The summed E-state index contributed by atoms with van der Waals surface area (Å²) < 4.78 is 0. The van der Waals surface area contributed by atoms with Gasteiger partial charge in [0.1, 0.15) is 0 Å². The molecule has 2 aromatic rings. The van der Waals surface area contributed by atoms with Gasteiger partial charge >= 0.3 is 0 Å². The van der Waals surface area contributed by atoms with Gasteiger partial charge in [0, 0.05) is 18.5 Å². The molecule has 1 saturated heterocycles. The number of aromatic nitrogens is 2. The molecule has 2 N–H and O–H groups in total. The Morgan fingerprint density at radius 3 is 2.88 bits per heavy atom. The molecule has 1 aromatic carbocycles. The number of aromatic amines is 1. The molecule has 90 valence electrons. The Labute approximate surface area is 100 Å². The predicted octanol–water partition coefficient (Wildman–Crippen LogP) is 1.48. The van der Waals surface area contributed by atoms with E-state index in [1.165, 1.54) is 0 Å². The molecule has 2 heterocycles. The molecule has 0 saturated carbocycles. The molecule has 1 aliphatic heterocycles. The molecule has 4 heteroatoms. The Hall–Kier alpha value is -1.39. The number of nitrogens with zero attached hydrogens (tertiary/aromatic N) is 2. The van der Waals surface area contributed by atoms with E-state index in [0.717, 1.165) is 42.4 Å². The number of nitrogens with one attached hydrogen (secondary N) is 1. The average molecular weight is 231 g/mol. The van der Waals surface area contributed by atoms with Crippen LogP contribution >= 0.6 is 0 Å². The second-order valence-corrected chi connectivity index (χ2v) is 5.01. The van der Waals surface area contributed by atoms with Crippen LogP contribution in [0.5, 0.6) is 0 Å². The predicted molar refractivity (Wildman–Crippen MR) is 66.7 cm³/mol. The van der Waals surface area contributed by atoms with Crippen LogP contribution in [0, 0.1) is 0 Å². The summed E-state index contributed by atoms with van der Waals surface area (Å²) in [5.41, 5.74) is 1.32. The van der Waals surface area contributed by atoms with Crippen molar-refractivity contribution in [1.82, 2.24) is 15.1 Å². The number of rotatable bonds is 1. The van der Waals surface area contributed by atoms with Crippen LogP contribution in [-0.2, 0) is 5.60 Å². The minimum Gasteiger partial charge on any atom is -0.385 e. The van der Waals surface area contributed by atoms with Gasteiger partial charge < -0.3 is 10.0 Å². The number of aliphatic hydroxyl groups is 1. The van der Waals surface area contributed by atoms with Crippen molar-refractivity contribution in [2.75, 3.05) is 20.1 Å². The maximum Gasteiger partial charge on any atom is 0.0921 e. The van der Waals surface area contributed by atoms with Gasteiger partial charge in [-0.25, -0.2) is 0 Å². The van der Waals surface area contributed by atoms with E-state index < -0.39 is 5.60 Å². The van der Waals surface area contributed by atoms with Gasteiger partial charge in [-0.3, -0.25) is 5.10 Å². The number of hydrogen-bond acceptors (Lipinski definition) is 3. The molecule has 0 spiro atoms. The van der Waals surface area contributed by atoms with E-state index in [1.54, 1.807) is 6.20 Å². The quantitative estimate of drug-likeness (QED) is 0.781. The number of H-pyrrole nitrogens is 1. The van der Waals surface area contributed by atoms with Crippen LogP contribution in [0.15, 0.2) is 24.4 Å². The number of piperidine rings is 1. The normalized spacial score (nSPS) is 20.8. The van der Waals surface area contributed by atoms with Crippen LogP contribution in [0.25, 0.3) is 10.9 Å².